The maximum atomic E-state index is 14.0. The average Bonchev–Trinajstić information content (AvgIpc) is 3.40. The molecule has 1 saturated heterocycles. The van der Waals surface area contributed by atoms with E-state index in [1.807, 2.05) is 108 Å². The molecular formula is C32H27N5O. The number of carbonyl (C=O) groups is 1. The maximum absolute atomic E-state index is 14.0. The molecule has 3 atom stereocenters. The van der Waals surface area contributed by atoms with Gasteiger partial charge in [-0.2, -0.15) is 0 Å². The van der Waals surface area contributed by atoms with Gasteiger partial charge in [0.2, 0.25) is 0 Å². The van der Waals surface area contributed by atoms with Gasteiger partial charge in [-0.3, -0.25) is 15.2 Å². The van der Waals surface area contributed by atoms with Gasteiger partial charge in [-0.05, 0) is 47.5 Å². The molecule has 3 aromatic carbocycles. The highest BCUT2D eigenvalue weighted by atomic mass is 16.2. The van der Waals surface area contributed by atoms with E-state index in [0.29, 0.717) is 0 Å². The predicted octanol–water partition coefficient (Wildman–Crippen LogP) is 6.76. The molecule has 5 aromatic rings. The van der Waals surface area contributed by atoms with Crippen molar-refractivity contribution < 1.29 is 4.79 Å². The third-order valence-corrected chi connectivity index (χ3v) is 6.77. The van der Waals surface area contributed by atoms with Crippen LogP contribution in [0.15, 0.2) is 134 Å². The van der Waals surface area contributed by atoms with Crippen molar-refractivity contribution in [1.82, 2.24) is 20.2 Å². The smallest absolute Gasteiger partial charge is 0.308 e. The molecule has 0 bridgehead atoms. The summed E-state index contributed by atoms with van der Waals surface area (Å²) in [6, 6.07) is 41.0. The van der Waals surface area contributed by atoms with Crippen LogP contribution in [0.3, 0.4) is 0 Å². The first-order valence-electron chi connectivity index (χ1n) is 12.7. The molecule has 0 saturated carbocycles. The zero-order valence-electron chi connectivity index (χ0n) is 20.7. The van der Waals surface area contributed by atoms with Crippen LogP contribution in [0.5, 0.6) is 0 Å². The number of urea groups is 1. The molecule has 1 aliphatic rings. The van der Waals surface area contributed by atoms with Gasteiger partial charge in [0.25, 0.3) is 0 Å². The van der Waals surface area contributed by atoms with Gasteiger partial charge in [0, 0.05) is 11.9 Å². The Morgan fingerprint density at radius 2 is 1.32 bits per heavy atom. The van der Waals surface area contributed by atoms with Crippen molar-refractivity contribution in [1.29, 1.82) is 0 Å². The summed E-state index contributed by atoms with van der Waals surface area (Å²) in [6.07, 6.45) is 1.28. The number of nitrogens with one attached hydrogen (secondary N) is 2. The standard InChI is InChI=1S/C32H27N5O/c38-32(34-25-17-8-3-9-18-25)37-30(24-15-6-2-7-16-24)29(23-13-4-1-5-14-23)36-31(37)28-21-12-20-27(35-28)26-19-10-11-22-33-26/h1-22,29-31,36H,(H,34,38)/t29-,30-,31+/m1/s1. The number of nitrogens with zero attached hydrogens (tertiary/aromatic N) is 3. The Labute approximate surface area is 222 Å². The number of aromatic nitrogens is 2. The van der Waals surface area contributed by atoms with Crippen molar-refractivity contribution in [2.45, 2.75) is 18.2 Å². The third kappa shape index (κ3) is 4.77. The second kappa shape index (κ2) is 10.7. The van der Waals surface area contributed by atoms with Crippen LogP contribution < -0.4 is 10.6 Å². The van der Waals surface area contributed by atoms with Gasteiger partial charge in [0.15, 0.2) is 0 Å². The highest BCUT2D eigenvalue weighted by Gasteiger charge is 2.46. The maximum Gasteiger partial charge on any atom is 0.324 e. The van der Waals surface area contributed by atoms with Crippen LogP contribution in [0.4, 0.5) is 10.5 Å². The molecule has 0 aliphatic carbocycles. The lowest BCUT2D eigenvalue weighted by molar-refractivity contribution is 0.181. The first-order valence-corrected chi connectivity index (χ1v) is 12.7. The van der Waals surface area contributed by atoms with Crippen molar-refractivity contribution in [3.8, 4) is 11.4 Å². The molecule has 186 valence electrons. The monoisotopic (exact) mass is 497 g/mol. The number of para-hydroxylation sites is 1. The van der Waals surface area contributed by atoms with Gasteiger partial charge in [-0.25, -0.2) is 9.78 Å². The van der Waals surface area contributed by atoms with E-state index in [4.69, 9.17) is 4.98 Å². The van der Waals surface area contributed by atoms with Crippen LogP contribution in [0.1, 0.15) is 35.1 Å². The summed E-state index contributed by atoms with van der Waals surface area (Å²) in [5, 5.41) is 6.86. The number of carbonyl (C=O) groups excluding carboxylic acids is 1. The minimum atomic E-state index is -0.474. The summed E-state index contributed by atoms with van der Waals surface area (Å²) >= 11 is 0. The molecule has 0 radical (unpaired) electrons. The number of pyridine rings is 2. The summed E-state index contributed by atoms with van der Waals surface area (Å²) < 4.78 is 0. The fourth-order valence-electron chi connectivity index (χ4n) is 5.05. The van der Waals surface area contributed by atoms with E-state index < -0.39 is 6.17 Å². The van der Waals surface area contributed by atoms with Crippen LogP contribution >= 0.6 is 0 Å². The van der Waals surface area contributed by atoms with Gasteiger partial charge < -0.3 is 5.32 Å². The van der Waals surface area contributed by atoms with E-state index in [9.17, 15) is 4.79 Å². The molecule has 2 amide bonds. The summed E-state index contributed by atoms with van der Waals surface area (Å²) in [6.45, 7) is 0. The summed E-state index contributed by atoms with van der Waals surface area (Å²) in [5.74, 6) is 0. The Kier molecular flexibility index (Phi) is 6.62. The summed E-state index contributed by atoms with van der Waals surface area (Å²) in [7, 11) is 0. The lowest BCUT2D eigenvalue weighted by Gasteiger charge is -2.31. The molecule has 3 heterocycles. The van der Waals surface area contributed by atoms with Gasteiger partial charge >= 0.3 is 6.03 Å². The largest absolute Gasteiger partial charge is 0.324 e. The zero-order chi connectivity index (χ0) is 25.7. The van der Waals surface area contributed by atoms with Crippen molar-refractivity contribution in [3.63, 3.8) is 0 Å². The Hall–Kier alpha value is -4.81. The first kappa shape index (κ1) is 23.6. The highest BCUT2D eigenvalue weighted by Crippen LogP contribution is 2.45. The Morgan fingerprint density at radius 3 is 2.00 bits per heavy atom. The van der Waals surface area contributed by atoms with Gasteiger partial charge in [-0.1, -0.05) is 91.0 Å². The third-order valence-electron chi connectivity index (χ3n) is 6.77. The fourth-order valence-corrected chi connectivity index (χ4v) is 5.05. The van der Waals surface area contributed by atoms with Crippen molar-refractivity contribution in [2.75, 3.05) is 5.32 Å². The number of hydrogen-bond acceptors (Lipinski definition) is 4. The molecule has 0 unspecified atom stereocenters. The van der Waals surface area contributed by atoms with Crippen molar-refractivity contribution in [3.05, 3.63) is 150 Å². The van der Waals surface area contributed by atoms with E-state index in [2.05, 4.69) is 39.9 Å². The topological polar surface area (TPSA) is 70.2 Å². The molecule has 6 heteroatoms. The predicted molar refractivity (Wildman–Crippen MR) is 149 cm³/mol. The summed E-state index contributed by atoms with van der Waals surface area (Å²) in [5.41, 5.74) is 5.17. The molecule has 2 N–H and O–H groups in total. The average molecular weight is 498 g/mol. The SMILES string of the molecule is O=C(Nc1ccccc1)N1[C@@H](c2cccc(-c3ccccn3)n2)N[C@H](c2ccccc2)[C@H]1c1ccccc1. The van der Waals surface area contributed by atoms with E-state index in [1.165, 1.54) is 0 Å². The quantitative estimate of drug-likeness (QED) is 0.281. The molecule has 1 fully saturated rings. The van der Waals surface area contributed by atoms with Crippen LogP contribution in [0.25, 0.3) is 11.4 Å². The second-order valence-electron chi connectivity index (χ2n) is 9.18. The Morgan fingerprint density at radius 1 is 0.684 bits per heavy atom. The van der Waals surface area contributed by atoms with Crippen LogP contribution in [0, 0.1) is 0 Å². The minimum absolute atomic E-state index is 0.148. The number of amides is 2. The molecule has 38 heavy (non-hydrogen) atoms. The summed E-state index contributed by atoms with van der Waals surface area (Å²) in [4.78, 5) is 25.4. The van der Waals surface area contributed by atoms with Crippen LogP contribution in [0.2, 0.25) is 0 Å². The number of anilines is 1. The second-order valence-corrected chi connectivity index (χ2v) is 9.18. The van der Waals surface area contributed by atoms with Crippen molar-refractivity contribution >= 4 is 11.7 Å². The van der Waals surface area contributed by atoms with Gasteiger partial charge in [-0.15, -0.1) is 0 Å². The highest BCUT2D eigenvalue weighted by molar-refractivity contribution is 5.90. The fraction of sp³-hybridized carbons (Fsp3) is 0.0938. The molecule has 6 nitrogen and oxygen atoms in total. The van der Waals surface area contributed by atoms with E-state index >= 15 is 0 Å². The van der Waals surface area contributed by atoms with E-state index in [-0.39, 0.29) is 18.1 Å². The first-order chi connectivity index (χ1) is 18.8. The van der Waals surface area contributed by atoms with E-state index in [0.717, 1.165) is 33.9 Å². The molecule has 6 rings (SSSR count). The Balaban J connectivity index is 1.47. The lowest BCUT2D eigenvalue weighted by atomic mass is 9.94. The molecule has 1 aliphatic heterocycles. The van der Waals surface area contributed by atoms with Crippen molar-refractivity contribution in [2.24, 2.45) is 0 Å². The molecule has 0 spiro atoms. The zero-order valence-corrected chi connectivity index (χ0v) is 20.7. The molecule has 2 aromatic heterocycles. The Bertz CT molecular complexity index is 1500. The van der Waals surface area contributed by atoms with E-state index in [1.54, 1.807) is 6.20 Å². The van der Waals surface area contributed by atoms with Gasteiger partial charge in [0.1, 0.15) is 6.17 Å². The number of hydrogen-bond donors (Lipinski definition) is 2. The molecular weight excluding hydrogens is 470 g/mol. The van der Waals surface area contributed by atoms with Crippen LogP contribution in [-0.4, -0.2) is 20.9 Å². The number of rotatable bonds is 5. The minimum Gasteiger partial charge on any atom is -0.308 e. The lowest BCUT2D eigenvalue weighted by Crippen LogP contribution is -2.38. The van der Waals surface area contributed by atoms with Crippen LogP contribution in [-0.2, 0) is 0 Å². The van der Waals surface area contributed by atoms with Gasteiger partial charge in [0.05, 0.1) is 29.2 Å². The normalized spacial score (nSPS) is 18.7. The number of benzene rings is 3.